The van der Waals surface area contributed by atoms with Crippen LogP contribution in [0.3, 0.4) is 0 Å². The van der Waals surface area contributed by atoms with Gasteiger partial charge in [-0.1, -0.05) is 61.8 Å². The summed E-state index contributed by atoms with van der Waals surface area (Å²) >= 11 is 0. The molecule has 0 fully saturated rings. The first-order valence-corrected chi connectivity index (χ1v) is 8.29. The predicted octanol–water partition coefficient (Wildman–Crippen LogP) is 4.89. The Bertz CT molecular complexity index is 308. The van der Waals surface area contributed by atoms with Crippen molar-refractivity contribution in [3.05, 3.63) is 30.3 Å². The van der Waals surface area contributed by atoms with Gasteiger partial charge < -0.3 is 0 Å². The maximum Gasteiger partial charge on any atom is 0.376 e. The van der Waals surface area contributed by atoms with Gasteiger partial charge in [0.05, 0.1) is 0 Å². The largest absolute Gasteiger partial charge is 0.376 e. The Balaban J connectivity index is 2.05. The lowest BCUT2D eigenvalue weighted by molar-refractivity contribution is 0.582. The molecule has 0 bridgehead atoms. The van der Waals surface area contributed by atoms with Crippen molar-refractivity contribution in [2.24, 2.45) is 0 Å². The Labute approximate surface area is 106 Å². The summed E-state index contributed by atoms with van der Waals surface area (Å²) in [5.74, 6) is 0. The summed E-state index contributed by atoms with van der Waals surface area (Å²) in [5.41, 5.74) is 0. The van der Waals surface area contributed by atoms with Gasteiger partial charge in [-0.05, 0) is 25.0 Å². The third-order valence-corrected chi connectivity index (χ3v) is 4.61. The zero-order valence-corrected chi connectivity index (χ0v) is 11.8. The van der Waals surface area contributed by atoms with Crippen molar-refractivity contribution in [3.63, 3.8) is 0 Å². The molecule has 1 rings (SSSR count). The van der Waals surface area contributed by atoms with Crippen LogP contribution in [0.5, 0.6) is 0 Å². The van der Waals surface area contributed by atoms with Crippen LogP contribution < -0.4 is 5.30 Å². The number of hydrogen-bond donors (Lipinski definition) is 0. The number of hydrogen-bond acceptors (Lipinski definition) is 1. The van der Waals surface area contributed by atoms with Gasteiger partial charge in [-0.25, -0.2) is 0 Å². The monoisotopic (exact) mass is 251 g/mol. The molecule has 0 saturated heterocycles. The quantitative estimate of drug-likeness (QED) is 0.451. The lowest BCUT2D eigenvalue weighted by Gasteiger charge is -1.97. The number of rotatable bonds is 9. The Hall–Kier alpha value is -0.680. The highest BCUT2D eigenvalue weighted by molar-refractivity contribution is 7.53. The first kappa shape index (κ1) is 14.4. The standard InChI is InChI=1S/C15H24OP/c1-2-3-4-5-6-7-11-14-17(16)15-12-9-8-10-13-15/h8-10,12-13H,2-7,11,14H2,1H3/q+1. The lowest BCUT2D eigenvalue weighted by Crippen LogP contribution is -1.96. The molecule has 2 heteroatoms. The van der Waals surface area contributed by atoms with Crippen LogP contribution >= 0.6 is 7.80 Å². The molecule has 94 valence electrons. The summed E-state index contributed by atoms with van der Waals surface area (Å²) in [5, 5.41) is 1.01. The highest BCUT2D eigenvalue weighted by Gasteiger charge is 2.17. The maximum absolute atomic E-state index is 11.9. The fraction of sp³-hybridized carbons (Fsp3) is 0.600. The van der Waals surface area contributed by atoms with E-state index < -0.39 is 7.80 Å². The van der Waals surface area contributed by atoms with Crippen LogP contribution in [0.25, 0.3) is 0 Å². The Morgan fingerprint density at radius 2 is 1.47 bits per heavy atom. The van der Waals surface area contributed by atoms with Crippen LogP contribution in [0.2, 0.25) is 0 Å². The molecule has 1 nitrogen and oxygen atoms in total. The van der Waals surface area contributed by atoms with E-state index in [1.54, 1.807) is 0 Å². The minimum absolute atomic E-state index is 0.854. The highest BCUT2D eigenvalue weighted by Crippen LogP contribution is 2.22. The van der Waals surface area contributed by atoms with Crippen LogP contribution in [0.15, 0.2) is 30.3 Å². The third kappa shape index (κ3) is 6.58. The second kappa shape index (κ2) is 9.36. The van der Waals surface area contributed by atoms with Crippen molar-refractivity contribution >= 4 is 13.1 Å². The molecule has 1 unspecified atom stereocenters. The van der Waals surface area contributed by atoms with Gasteiger partial charge in [0.2, 0.25) is 0 Å². The number of unbranched alkanes of at least 4 members (excludes halogenated alkanes) is 6. The summed E-state index contributed by atoms with van der Waals surface area (Å²) < 4.78 is 11.9. The first-order chi connectivity index (χ1) is 8.34. The second-order valence-corrected chi connectivity index (χ2v) is 6.28. The molecule has 0 heterocycles. The van der Waals surface area contributed by atoms with Crippen LogP contribution in [0, 0.1) is 0 Å². The molecule has 0 aromatic heterocycles. The molecule has 1 atom stereocenters. The van der Waals surface area contributed by atoms with Crippen LogP contribution in [0.1, 0.15) is 51.9 Å². The molecular formula is C15H24OP+. The van der Waals surface area contributed by atoms with Gasteiger partial charge >= 0.3 is 7.80 Å². The van der Waals surface area contributed by atoms with E-state index in [4.69, 9.17) is 0 Å². The zero-order valence-electron chi connectivity index (χ0n) is 10.9. The average molecular weight is 251 g/mol. The van der Waals surface area contributed by atoms with E-state index in [-0.39, 0.29) is 0 Å². The van der Waals surface area contributed by atoms with Gasteiger partial charge in [-0.3, -0.25) is 0 Å². The molecule has 0 aliphatic heterocycles. The van der Waals surface area contributed by atoms with Gasteiger partial charge in [0, 0.05) is 0 Å². The summed E-state index contributed by atoms with van der Waals surface area (Å²) in [4.78, 5) is 0. The summed E-state index contributed by atoms with van der Waals surface area (Å²) in [6, 6.07) is 9.85. The van der Waals surface area contributed by atoms with E-state index in [2.05, 4.69) is 6.92 Å². The van der Waals surface area contributed by atoms with Crippen molar-refractivity contribution in [1.82, 2.24) is 0 Å². The van der Waals surface area contributed by atoms with Crippen LogP contribution in [0.4, 0.5) is 0 Å². The molecule has 0 spiro atoms. The minimum Gasteiger partial charge on any atom is -0.0681 e. The van der Waals surface area contributed by atoms with Gasteiger partial charge in [0.1, 0.15) is 0 Å². The van der Waals surface area contributed by atoms with E-state index in [1.165, 1.54) is 38.5 Å². The molecule has 0 radical (unpaired) electrons. The Morgan fingerprint density at radius 3 is 2.12 bits per heavy atom. The van der Waals surface area contributed by atoms with Crippen LogP contribution in [-0.2, 0) is 4.57 Å². The van der Waals surface area contributed by atoms with Crippen molar-refractivity contribution in [2.75, 3.05) is 6.16 Å². The van der Waals surface area contributed by atoms with Gasteiger partial charge in [0.25, 0.3) is 0 Å². The Morgan fingerprint density at radius 1 is 0.882 bits per heavy atom. The van der Waals surface area contributed by atoms with E-state index in [0.717, 1.165) is 17.9 Å². The van der Waals surface area contributed by atoms with Gasteiger partial charge in [-0.2, -0.15) is 0 Å². The minimum atomic E-state index is -1.15. The molecule has 0 aliphatic rings. The van der Waals surface area contributed by atoms with Crippen molar-refractivity contribution in [3.8, 4) is 0 Å². The topological polar surface area (TPSA) is 17.1 Å². The fourth-order valence-electron chi connectivity index (χ4n) is 1.94. The lowest BCUT2D eigenvalue weighted by atomic mass is 10.1. The van der Waals surface area contributed by atoms with E-state index in [1.807, 2.05) is 30.3 Å². The van der Waals surface area contributed by atoms with Crippen LogP contribution in [-0.4, -0.2) is 6.16 Å². The molecule has 0 N–H and O–H groups in total. The molecule has 0 amide bonds. The molecule has 0 saturated carbocycles. The summed E-state index contributed by atoms with van der Waals surface area (Å²) in [6.07, 6.45) is 9.87. The first-order valence-electron chi connectivity index (χ1n) is 6.84. The second-order valence-electron chi connectivity index (χ2n) is 4.56. The van der Waals surface area contributed by atoms with Crippen molar-refractivity contribution in [2.45, 2.75) is 51.9 Å². The fourth-order valence-corrected chi connectivity index (χ4v) is 3.21. The van der Waals surface area contributed by atoms with E-state index in [9.17, 15) is 4.57 Å². The Kier molecular flexibility index (Phi) is 7.92. The summed E-state index contributed by atoms with van der Waals surface area (Å²) in [7, 11) is -1.15. The molecule has 17 heavy (non-hydrogen) atoms. The average Bonchev–Trinajstić information content (AvgIpc) is 2.38. The normalized spacial score (nSPS) is 11.5. The SMILES string of the molecule is CCCCCCCCC[P+](=O)c1ccccc1. The molecular weight excluding hydrogens is 227 g/mol. The molecule has 1 aromatic carbocycles. The van der Waals surface area contributed by atoms with Gasteiger partial charge in [0.15, 0.2) is 11.5 Å². The number of benzene rings is 1. The predicted molar refractivity (Wildman–Crippen MR) is 76.5 cm³/mol. The maximum atomic E-state index is 11.9. The smallest absolute Gasteiger partial charge is 0.0681 e. The third-order valence-electron chi connectivity index (χ3n) is 3.01. The zero-order chi connectivity index (χ0) is 12.3. The van der Waals surface area contributed by atoms with Crippen molar-refractivity contribution in [1.29, 1.82) is 0 Å². The van der Waals surface area contributed by atoms with E-state index >= 15 is 0 Å². The summed E-state index contributed by atoms with van der Waals surface area (Å²) in [6.45, 7) is 2.24. The molecule has 0 aliphatic carbocycles. The van der Waals surface area contributed by atoms with Crippen molar-refractivity contribution < 1.29 is 4.57 Å². The van der Waals surface area contributed by atoms with Gasteiger partial charge in [-0.15, -0.1) is 0 Å². The highest BCUT2D eigenvalue weighted by atomic mass is 31.1. The van der Waals surface area contributed by atoms with E-state index in [0.29, 0.717) is 0 Å². The molecule has 1 aromatic rings.